The topological polar surface area (TPSA) is 72.8 Å². The average molecular weight is 517 g/mol. The van der Waals surface area contributed by atoms with Gasteiger partial charge in [0.15, 0.2) is 6.10 Å². The summed E-state index contributed by atoms with van der Waals surface area (Å²) in [7, 11) is 0. The van der Waals surface area contributed by atoms with E-state index in [9.17, 15) is 14.7 Å². The van der Waals surface area contributed by atoms with Crippen LogP contribution in [0.4, 0.5) is 0 Å². The Morgan fingerprint density at radius 3 is 1.80 bits per heavy atom. The number of hydrogen-bond acceptors (Lipinski definition) is 5. The monoisotopic (exact) mass is 516 g/mol. The van der Waals surface area contributed by atoms with Crippen LogP contribution < -0.4 is 0 Å². The third-order valence-corrected chi connectivity index (χ3v) is 4.37. The second-order valence-corrected chi connectivity index (χ2v) is 7.22. The molecule has 0 heterocycles. The van der Waals surface area contributed by atoms with Gasteiger partial charge in [0.1, 0.15) is 6.61 Å². The molecule has 0 rings (SSSR count). The van der Waals surface area contributed by atoms with Crippen LogP contribution in [0.25, 0.3) is 0 Å². The number of ether oxygens (including phenoxy) is 2. The van der Waals surface area contributed by atoms with Crippen molar-refractivity contribution in [3.05, 3.63) is 0 Å². The molecular formula is C29H56O5S. The van der Waals surface area contributed by atoms with Crippen LogP contribution in [-0.2, 0) is 19.1 Å². The summed E-state index contributed by atoms with van der Waals surface area (Å²) in [6.45, 7) is 1.48. The molecule has 0 aliphatic carbocycles. The Morgan fingerprint density at radius 1 is 0.800 bits per heavy atom. The van der Waals surface area contributed by atoms with E-state index in [0.717, 1.165) is 19.3 Å². The molecule has 0 bridgehead atoms. The van der Waals surface area contributed by atoms with Crippen LogP contribution in [0.2, 0.25) is 0 Å². The molecule has 0 aliphatic heterocycles. The number of carbonyl (C=O) groups is 2. The van der Waals surface area contributed by atoms with Crippen molar-refractivity contribution in [2.24, 2.45) is 0 Å². The summed E-state index contributed by atoms with van der Waals surface area (Å²) < 4.78 is 10.0. The number of unbranched alkanes of at least 4 members (excludes halogenated alkanes) is 9. The summed E-state index contributed by atoms with van der Waals surface area (Å²) in [6, 6.07) is 0. The highest BCUT2D eigenvalue weighted by Gasteiger charge is 2.15. The van der Waals surface area contributed by atoms with Crippen LogP contribution in [0.15, 0.2) is 0 Å². The number of aliphatic hydroxyl groups is 1. The van der Waals surface area contributed by atoms with Gasteiger partial charge < -0.3 is 14.6 Å². The summed E-state index contributed by atoms with van der Waals surface area (Å²) in [6.07, 6.45) is 16.0. The lowest BCUT2D eigenvalue weighted by Gasteiger charge is -2.14. The van der Waals surface area contributed by atoms with Gasteiger partial charge in [0.2, 0.25) is 0 Å². The van der Waals surface area contributed by atoms with E-state index in [2.05, 4.69) is 72.0 Å². The summed E-state index contributed by atoms with van der Waals surface area (Å²) in [5.74, 6) is 24.4. The van der Waals surface area contributed by atoms with Crippen LogP contribution in [0.3, 0.4) is 0 Å². The van der Waals surface area contributed by atoms with E-state index in [1.54, 1.807) is 0 Å². The first-order chi connectivity index (χ1) is 16.6. The van der Waals surface area contributed by atoms with Gasteiger partial charge in [-0.3, -0.25) is 4.79 Å². The van der Waals surface area contributed by atoms with Gasteiger partial charge in [-0.05, 0) is 65.6 Å². The highest BCUT2D eigenvalue weighted by Crippen LogP contribution is 2.11. The molecule has 0 amide bonds. The molecule has 1 atom stereocenters. The van der Waals surface area contributed by atoms with Gasteiger partial charge in [-0.25, -0.2) is 4.79 Å². The molecule has 0 unspecified atom stereocenters. The molecule has 1 N–H and O–H groups in total. The maximum Gasteiger partial charge on any atom is 0.385 e. The molecule has 6 heteroatoms. The number of esters is 2. The van der Waals surface area contributed by atoms with E-state index >= 15 is 0 Å². The lowest BCUT2D eigenvalue weighted by Crippen LogP contribution is -2.28. The summed E-state index contributed by atoms with van der Waals surface area (Å²) in [5, 5.41) is 9.33. The minimum Gasteiger partial charge on any atom is -0.456 e. The fourth-order valence-electron chi connectivity index (χ4n) is 2.67. The SMILES string of the molecule is C#CC#CC#CC#CC#CC#CC(=O)OC[C@H](CO)OC(=O)CCCCCCCCCCCC.S.[HH].[HH].[HH].[HH].[HH].[HH].[HH].[HH].[HH].[HH].[HH]. The Morgan fingerprint density at radius 2 is 1.29 bits per heavy atom. The van der Waals surface area contributed by atoms with Crippen molar-refractivity contribution in [2.45, 2.75) is 83.7 Å². The Bertz CT molecular complexity index is 1000. The Balaban J connectivity index is -0.0000000825. The molecule has 0 aliphatic rings. The van der Waals surface area contributed by atoms with Gasteiger partial charge in [-0.2, -0.15) is 13.5 Å². The lowest BCUT2D eigenvalue weighted by atomic mass is 10.1. The molecule has 35 heavy (non-hydrogen) atoms. The van der Waals surface area contributed by atoms with E-state index < -0.39 is 24.6 Å². The maximum absolute atomic E-state index is 11.9. The number of hydrogen-bond donors (Lipinski definition) is 1. The van der Waals surface area contributed by atoms with E-state index in [1.165, 1.54) is 44.9 Å². The van der Waals surface area contributed by atoms with E-state index in [0.29, 0.717) is 0 Å². The standard InChI is InChI=1S/C29H32O5.H2S.11H2/c1-3-5-7-9-11-13-15-17-19-21-23-28(31)33-26-27(25-30)34-29(32)24-22-20-18-16-14-12-10-8-6-4-2;;;;;;;;;;;;/h1,27,30H,4,6,8,10,12,14,16,18,20,22,24-26H2,2H3;1H2;11*1H/t27-;;;;;;;;;;;;/m0............/s1. The van der Waals surface area contributed by atoms with E-state index in [4.69, 9.17) is 15.9 Å². The van der Waals surface area contributed by atoms with Gasteiger partial charge >= 0.3 is 11.9 Å². The molecule has 0 aromatic carbocycles. The summed E-state index contributed by atoms with van der Waals surface area (Å²) in [4.78, 5) is 23.5. The highest BCUT2D eigenvalue weighted by molar-refractivity contribution is 7.59. The first-order valence-electron chi connectivity index (χ1n) is 11.6. The minimum absolute atomic E-state index is 0. The van der Waals surface area contributed by atoms with Gasteiger partial charge in [0.25, 0.3) is 0 Å². The predicted molar refractivity (Wildman–Crippen MR) is 166 cm³/mol. The third kappa shape index (κ3) is 25.1. The fraction of sp³-hybridized carbons (Fsp3) is 0.517. The van der Waals surface area contributed by atoms with Crippen molar-refractivity contribution < 1.29 is 39.9 Å². The molecule has 0 aromatic heterocycles. The van der Waals surface area contributed by atoms with Crippen molar-refractivity contribution >= 4 is 25.4 Å². The summed E-state index contributed by atoms with van der Waals surface area (Å²) >= 11 is 0. The lowest BCUT2D eigenvalue weighted by molar-refractivity contribution is -0.159. The first-order valence-corrected chi connectivity index (χ1v) is 11.6. The van der Waals surface area contributed by atoms with Crippen LogP contribution >= 0.6 is 13.5 Å². The number of terminal acetylenes is 1. The van der Waals surface area contributed by atoms with Crippen molar-refractivity contribution in [2.75, 3.05) is 13.2 Å². The number of carbonyl (C=O) groups excluding carboxylic acids is 2. The largest absolute Gasteiger partial charge is 0.456 e. The molecule has 5 nitrogen and oxygen atoms in total. The van der Waals surface area contributed by atoms with Gasteiger partial charge in [0, 0.05) is 28.0 Å². The Labute approximate surface area is 234 Å². The smallest absolute Gasteiger partial charge is 0.385 e. The zero-order valence-electron chi connectivity index (χ0n) is 20.4. The highest BCUT2D eigenvalue weighted by atomic mass is 32.1. The fourth-order valence-corrected chi connectivity index (χ4v) is 2.67. The van der Waals surface area contributed by atoms with E-state index in [1.807, 2.05) is 0 Å². The first kappa shape index (κ1) is 33.8. The van der Waals surface area contributed by atoms with E-state index in [-0.39, 0.29) is 42.2 Å². The summed E-state index contributed by atoms with van der Waals surface area (Å²) in [5.41, 5.74) is 0. The van der Waals surface area contributed by atoms with Gasteiger partial charge in [-0.1, -0.05) is 64.7 Å². The molecule has 0 saturated carbocycles. The zero-order valence-corrected chi connectivity index (χ0v) is 21.4. The van der Waals surface area contributed by atoms with Crippen LogP contribution in [-0.4, -0.2) is 36.4 Å². The molecule has 0 saturated heterocycles. The predicted octanol–water partition coefficient (Wildman–Crippen LogP) is 6.21. The molecule has 0 fully saturated rings. The normalized spacial score (nSPS) is 9.06. The van der Waals surface area contributed by atoms with Crippen molar-refractivity contribution in [3.63, 3.8) is 0 Å². The second kappa shape index (κ2) is 26.9. The minimum atomic E-state index is -0.922. The van der Waals surface area contributed by atoms with Gasteiger partial charge in [0.05, 0.1) is 6.61 Å². The van der Waals surface area contributed by atoms with Crippen molar-refractivity contribution in [1.29, 1.82) is 0 Å². The quantitative estimate of drug-likeness (QED) is 0.121. The molecule has 208 valence electrons. The van der Waals surface area contributed by atoms with Crippen LogP contribution in [0.5, 0.6) is 0 Å². The van der Waals surface area contributed by atoms with Crippen LogP contribution in [0, 0.1) is 71.5 Å². The van der Waals surface area contributed by atoms with Crippen molar-refractivity contribution in [1.82, 2.24) is 0 Å². The Hall–Kier alpha value is -3.39. The van der Waals surface area contributed by atoms with Crippen LogP contribution in [0.1, 0.15) is 93.2 Å². The number of aliphatic hydroxyl groups excluding tert-OH is 1. The maximum atomic E-state index is 11.9. The molecule has 0 aromatic rings. The second-order valence-electron chi connectivity index (χ2n) is 7.22. The Kier molecular flexibility index (Phi) is 25.9. The van der Waals surface area contributed by atoms with Crippen molar-refractivity contribution in [3.8, 4) is 71.5 Å². The molecule has 0 spiro atoms. The molecular weight excluding hydrogens is 460 g/mol. The zero-order chi connectivity index (χ0) is 25.1. The number of rotatable bonds is 15. The molecule has 0 radical (unpaired) electrons. The van der Waals surface area contributed by atoms with Gasteiger partial charge in [-0.15, -0.1) is 6.42 Å². The average Bonchev–Trinajstić information content (AvgIpc) is 2.84. The third-order valence-electron chi connectivity index (χ3n) is 4.37.